The number of rotatable bonds is 3. The number of carbonyl (C=O) groups is 1. The number of aliphatic hydroxyl groups is 1. The van der Waals surface area contributed by atoms with Gasteiger partial charge in [0.25, 0.3) is 5.91 Å². The molecule has 1 aromatic rings. The van der Waals surface area contributed by atoms with Crippen molar-refractivity contribution in [3.05, 3.63) is 33.3 Å². The van der Waals surface area contributed by atoms with Crippen LogP contribution < -0.4 is 5.32 Å². The number of hydrogen-bond acceptors (Lipinski definition) is 3. The lowest BCUT2D eigenvalue weighted by atomic mass is 10.0. The Morgan fingerprint density at radius 1 is 1.61 bits per heavy atom. The van der Waals surface area contributed by atoms with Gasteiger partial charge in [-0.25, -0.2) is 0 Å². The minimum absolute atomic E-state index is 0.161. The van der Waals surface area contributed by atoms with Crippen LogP contribution >= 0.6 is 27.5 Å². The highest BCUT2D eigenvalue weighted by Crippen LogP contribution is 2.22. The molecular weight excluding hydrogens is 321 g/mol. The fraction of sp³-hybridized carbons (Fsp3) is 0.417. The molecule has 18 heavy (non-hydrogen) atoms. The Labute approximate surface area is 118 Å². The van der Waals surface area contributed by atoms with E-state index in [9.17, 15) is 9.90 Å². The fourth-order valence-electron chi connectivity index (χ4n) is 1.75. The van der Waals surface area contributed by atoms with E-state index in [4.69, 9.17) is 16.3 Å². The summed E-state index contributed by atoms with van der Waals surface area (Å²) < 4.78 is 5.88. The quantitative estimate of drug-likeness (QED) is 0.889. The van der Waals surface area contributed by atoms with Crippen LogP contribution in [0.1, 0.15) is 16.8 Å². The third-order valence-corrected chi connectivity index (χ3v) is 3.66. The molecule has 1 heterocycles. The van der Waals surface area contributed by atoms with Gasteiger partial charge in [0.1, 0.15) is 5.60 Å². The Bertz CT molecular complexity index is 461. The monoisotopic (exact) mass is 333 g/mol. The van der Waals surface area contributed by atoms with E-state index in [-0.39, 0.29) is 19.1 Å². The molecule has 0 bridgehead atoms. The molecule has 0 unspecified atom stereocenters. The second-order valence-corrected chi connectivity index (χ2v) is 5.66. The highest BCUT2D eigenvalue weighted by atomic mass is 79.9. The zero-order chi connectivity index (χ0) is 13.2. The van der Waals surface area contributed by atoms with Gasteiger partial charge in [0.15, 0.2) is 0 Å². The van der Waals surface area contributed by atoms with Crippen LogP contribution in [0.5, 0.6) is 0 Å². The van der Waals surface area contributed by atoms with Crippen LogP contribution in [0.15, 0.2) is 22.7 Å². The zero-order valence-electron chi connectivity index (χ0n) is 9.58. The molecule has 0 spiro atoms. The normalized spacial score (nSPS) is 23.1. The second kappa shape index (κ2) is 5.57. The summed E-state index contributed by atoms with van der Waals surface area (Å²) >= 11 is 9.24. The summed E-state index contributed by atoms with van der Waals surface area (Å²) in [6.07, 6.45) is 0.527. The molecule has 1 saturated heterocycles. The third-order valence-electron chi connectivity index (χ3n) is 2.83. The lowest BCUT2D eigenvalue weighted by molar-refractivity contribution is 0.0264. The first-order chi connectivity index (χ1) is 8.50. The minimum Gasteiger partial charge on any atom is -0.386 e. The van der Waals surface area contributed by atoms with Crippen LogP contribution in [0.3, 0.4) is 0 Å². The number of nitrogens with one attached hydrogen (secondary N) is 1. The van der Waals surface area contributed by atoms with Crippen LogP contribution in [-0.2, 0) is 4.74 Å². The highest BCUT2D eigenvalue weighted by Gasteiger charge is 2.32. The predicted octanol–water partition coefficient (Wildman–Crippen LogP) is 1.98. The third kappa shape index (κ3) is 3.23. The van der Waals surface area contributed by atoms with Crippen molar-refractivity contribution >= 4 is 33.4 Å². The Balaban J connectivity index is 2.01. The molecule has 2 N–H and O–H groups in total. The van der Waals surface area contributed by atoms with Crippen molar-refractivity contribution < 1.29 is 14.6 Å². The lowest BCUT2D eigenvalue weighted by Crippen LogP contribution is -2.43. The molecular formula is C12H13BrClNO3. The first-order valence-corrected chi connectivity index (χ1v) is 6.71. The summed E-state index contributed by atoms with van der Waals surface area (Å²) in [5.74, 6) is -0.304. The number of halogens is 2. The number of hydrogen-bond donors (Lipinski definition) is 2. The summed E-state index contributed by atoms with van der Waals surface area (Å²) in [5, 5.41) is 13.1. The summed E-state index contributed by atoms with van der Waals surface area (Å²) in [5.41, 5.74) is -0.581. The summed E-state index contributed by atoms with van der Waals surface area (Å²) in [6.45, 7) is 0.929. The number of carbonyl (C=O) groups excluding carboxylic acids is 1. The van der Waals surface area contributed by atoms with Gasteiger partial charge >= 0.3 is 0 Å². The van der Waals surface area contributed by atoms with E-state index >= 15 is 0 Å². The van der Waals surface area contributed by atoms with Gasteiger partial charge in [-0.05, 0) is 18.2 Å². The van der Waals surface area contributed by atoms with Gasteiger partial charge in [-0.2, -0.15) is 0 Å². The average Bonchev–Trinajstić information content (AvgIpc) is 2.77. The minimum atomic E-state index is -0.964. The molecule has 0 radical (unpaired) electrons. The molecule has 0 saturated carbocycles. The van der Waals surface area contributed by atoms with E-state index in [0.29, 0.717) is 23.6 Å². The van der Waals surface area contributed by atoms with Crippen molar-refractivity contribution in [2.45, 2.75) is 12.0 Å². The van der Waals surface area contributed by atoms with Gasteiger partial charge in [-0.3, -0.25) is 4.79 Å². The lowest BCUT2D eigenvalue weighted by Gasteiger charge is -2.20. The van der Waals surface area contributed by atoms with Crippen LogP contribution in [0.25, 0.3) is 0 Å². The standard InChI is InChI=1S/C12H13BrClNO3/c13-8-1-2-10(14)9(5-8)11(16)15-6-12(17)3-4-18-7-12/h1-2,5,17H,3-4,6-7H2,(H,15,16)/t12-/m0/s1. The van der Waals surface area contributed by atoms with Gasteiger partial charge in [0, 0.05) is 24.0 Å². The Morgan fingerprint density at radius 2 is 2.39 bits per heavy atom. The van der Waals surface area contributed by atoms with Crippen LogP contribution in [0.2, 0.25) is 5.02 Å². The van der Waals surface area contributed by atoms with Crippen LogP contribution in [-0.4, -0.2) is 36.4 Å². The van der Waals surface area contributed by atoms with E-state index < -0.39 is 5.60 Å². The zero-order valence-corrected chi connectivity index (χ0v) is 11.9. The maximum atomic E-state index is 11.9. The van der Waals surface area contributed by atoms with Crippen LogP contribution in [0, 0.1) is 0 Å². The maximum absolute atomic E-state index is 11.9. The SMILES string of the molecule is O=C(NC[C@@]1(O)CCOC1)c1cc(Br)ccc1Cl. The van der Waals surface area contributed by atoms with E-state index in [0.717, 1.165) is 4.47 Å². The molecule has 1 aliphatic rings. The first-order valence-electron chi connectivity index (χ1n) is 5.54. The second-order valence-electron chi connectivity index (χ2n) is 4.33. The fourth-order valence-corrected chi connectivity index (χ4v) is 2.31. The van der Waals surface area contributed by atoms with E-state index in [1.165, 1.54) is 0 Å². The van der Waals surface area contributed by atoms with Crippen molar-refractivity contribution in [1.29, 1.82) is 0 Å². The first kappa shape index (κ1) is 13.8. The molecule has 2 rings (SSSR count). The molecule has 1 aliphatic heterocycles. The molecule has 1 atom stereocenters. The molecule has 98 valence electrons. The summed E-state index contributed by atoms with van der Waals surface area (Å²) in [6, 6.07) is 5.05. The summed E-state index contributed by atoms with van der Waals surface area (Å²) in [7, 11) is 0. The van der Waals surface area contributed by atoms with Crippen LogP contribution in [0.4, 0.5) is 0 Å². The topological polar surface area (TPSA) is 58.6 Å². The molecule has 0 aliphatic carbocycles. The van der Waals surface area contributed by atoms with Gasteiger partial charge in [0.2, 0.25) is 0 Å². The van der Waals surface area contributed by atoms with Gasteiger partial charge in [0.05, 0.1) is 17.2 Å². The average molecular weight is 335 g/mol. The summed E-state index contributed by atoms with van der Waals surface area (Å²) in [4.78, 5) is 11.9. The molecule has 0 aromatic heterocycles. The highest BCUT2D eigenvalue weighted by molar-refractivity contribution is 9.10. The predicted molar refractivity (Wildman–Crippen MR) is 71.9 cm³/mol. The molecule has 1 amide bonds. The maximum Gasteiger partial charge on any atom is 0.252 e. The van der Waals surface area contributed by atoms with E-state index in [1.54, 1.807) is 18.2 Å². The largest absolute Gasteiger partial charge is 0.386 e. The van der Waals surface area contributed by atoms with Crippen molar-refractivity contribution in [3.8, 4) is 0 Å². The van der Waals surface area contributed by atoms with Crippen molar-refractivity contribution in [2.75, 3.05) is 19.8 Å². The van der Waals surface area contributed by atoms with Crippen molar-refractivity contribution in [1.82, 2.24) is 5.32 Å². The van der Waals surface area contributed by atoms with Crippen molar-refractivity contribution in [2.24, 2.45) is 0 Å². The van der Waals surface area contributed by atoms with Crippen molar-refractivity contribution in [3.63, 3.8) is 0 Å². The molecule has 6 heteroatoms. The Hall–Kier alpha value is -0.620. The van der Waals surface area contributed by atoms with Gasteiger partial charge in [-0.1, -0.05) is 27.5 Å². The van der Waals surface area contributed by atoms with E-state index in [2.05, 4.69) is 21.2 Å². The van der Waals surface area contributed by atoms with E-state index in [1.807, 2.05) is 0 Å². The number of ether oxygens (including phenoxy) is 1. The number of amides is 1. The Kier molecular flexibility index (Phi) is 4.27. The van der Waals surface area contributed by atoms with Gasteiger partial charge < -0.3 is 15.2 Å². The molecule has 4 nitrogen and oxygen atoms in total. The smallest absolute Gasteiger partial charge is 0.252 e. The molecule has 1 aromatic carbocycles. The Morgan fingerprint density at radius 3 is 3.06 bits per heavy atom. The molecule has 1 fully saturated rings. The number of benzene rings is 1. The van der Waals surface area contributed by atoms with Gasteiger partial charge in [-0.15, -0.1) is 0 Å².